The third-order valence-electron chi connectivity index (χ3n) is 15.4. The number of ether oxygens (including phenoxy) is 1. The number of unbranched alkanes of at least 4 members (excludes halogenated alkanes) is 44. The first-order valence-corrected chi connectivity index (χ1v) is 35.1. The van der Waals surface area contributed by atoms with Crippen LogP contribution in [0.1, 0.15) is 342 Å². The van der Waals surface area contributed by atoms with Gasteiger partial charge in [-0.15, -0.1) is 0 Å². The monoisotopic (exact) mass is 1110 g/mol. The molecule has 0 rings (SSSR count). The molecule has 0 heterocycles. The first-order chi connectivity index (χ1) is 37.4. The van der Waals surface area contributed by atoms with Gasteiger partial charge in [0.15, 0.2) is 0 Å². The van der Waals surface area contributed by atoms with Crippen molar-refractivity contribution in [3.63, 3.8) is 0 Å². The van der Waals surface area contributed by atoms with E-state index in [9.17, 15) is 19.0 Å². The number of carbonyl (C=O) groups excluding carboxylic acids is 2. The molecule has 0 aliphatic heterocycles. The van der Waals surface area contributed by atoms with Crippen molar-refractivity contribution in [2.45, 2.75) is 354 Å². The Hall–Kier alpha value is -1.51. The van der Waals surface area contributed by atoms with Crippen molar-refractivity contribution in [3.8, 4) is 0 Å². The molecule has 1 amide bonds. The molecule has 9 nitrogen and oxygen atoms in total. The maximum Gasteiger partial charge on any atom is 0.306 e. The summed E-state index contributed by atoms with van der Waals surface area (Å²) in [6.07, 6.45) is 68.7. The minimum atomic E-state index is -4.69. The van der Waals surface area contributed by atoms with Crippen LogP contribution in [0.4, 0.5) is 0 Å². The minimum absolute atomic E-state index is 0.0180. The number of rotatable bonds is 62. The lowest BCUT2D eigenvalue weighted by molar-refractivity contribution is -0.870. The lowest BCUT2D eigenvalue weighted by Gasteiger charge is -2.30. The zero-order chi connectivity index (χ0) is 56.4. The Balaban J connectivity index is 5.04. The quantitative estimate of drug-likeness (QED) is 0.0212. The lowest BCUT2D eigenvalue weighted by Crippen LogP contribution is -2.47. The number of nitrogens with zero attached hydrogens (tertiary/aromatic N) is 1. The van der Waals surface area contributed by atoms with Gasteiger partial charge in [0.1, 0.15) is 19.3 Å². The molecule has 0 aromatic heterocycles. The normalized spacial score (nSPS) is 13.7. The third kappa shape index (κ3) is 58.9. The minimum Gasteiger partial charge on any atom is -0.756 e. The fraction of sp³-hybridized carbons (Fsp3) is 0.910. The standard InChI is InChI=1S/C67H131N2O7P/c1-7-10-13-16-19-22-25-28-29-30-31-32-33-34-35-36-37-38-39-42-45-48-51-54-57-60-67(71)76-65(58-55-52-49-46-43-40-26-23-20-17-14-11-8-2)64(63-75-77(72,73)74-62-61-69(4,5)6)68-66(70)59-56-53-50-47-44-41-27-24-21-18-15-12-9-3/h28-29,55,58,64-65H,7-27,30-54,56-57,59-63H2,1-6H3,(H-,68,70,72,73)/b29-28+,58-55-. The summed E-state index contributed by atoms with van der Waals surface area (Å²) in [4.78, 5) is 40.0. The van der Waals surface area contributed by atoms with Crippen LogP contribution in [-0.4, -0.2) is 69.4 Å². The highest BCUT2D eigenvalue weighted by molar-refractivity contribution is 7.45. The number of phosphoric acid groups is 1. The van der Waals surface area contributed by atoms with Crippen LogP contribution in [0, 0.1) is 0 Å². The highest BCUT2D eigenvalue weighted by Gasteiger charge is 2.27. The van der Waals surface area contributed by atoms with Crippen LogP contribution in [0.3, 0.4) is 0 Å². The van der Waals surface area contributed by atoms with E-state index in [1.165, 1.54) is 250 Å². The van der Waals surface area contributed by atoms with Crippen molar-refractivity contribution >= 4 is 19.7 Å². The molecule has 0 saturated heterocycles. The molecule has 456 valence electrons. The topological polar surface area (TPSA) is 114 Å². The van der Waals surface area contributed by atoms with Gasteiger partial charge in [0.2, 0.25) is 5.91 Å². The smallest absolute Gasteiger partial charge is 0.306 e. The van der Waals surface area contributed by atoms with Crippen molar-refractivity contribution in [2.24, 2.45) is 0 Å². The summed E-state index contributed by atoms with van der Waals surface area (Å²) in [5.74, 6) is -0.521. The average Bonchev–Trinajstić information content (AvgIpc) is 3.39. The highest BCUT2D eigenvalue weighted by Crippen LogP contribution is 2.38. The Morgan fingerprint density at radius 2 is 0.753 bits per heavy atom. The van der Waals surface area contributed by atoms with Gasteiger partial charge < -0.3 is 28.5 Å². The Morgan fingerprint density at radius 1 is 0.442 bits per heavy atom. The van der Waals surface area contributed by atoms with Crippen LogP contribution < -0.4 is 10.2 Å². The molecule has 0 fully saturated rings. The molecule has 0 aliphatic carbocycles. The molecule has 10 heteroatoms. The number of allylic oxidation sites excluding steroid dienone is 3. The van der Waals surface area contributed by atoms with Gasteiger partial charge in [-0.2, -0.15) is 0 Å². The average molecular weight is 1110 g/mol. The van der Waals surface area contributed by atoms with E-state index in [1.807, 2.05) is 33.3 Å². The van der Waals surface area contributed by atoms with E-state index >= 15 is 0 Å². The van der Waals surface area contributed by atoms with E-state index in [-0.39, 0.29) is 31.5 Å². The van der Waals surface area contributed by atoms with Gasteiger partial charge in [-0.05, 0) is 57.4 Å². The maximum atomic E-state index is 13.5. The van der Waals surface area contributed by atoms with E-state index in [0.29, 0.717) is 17.4 Å². The van der Waals surface area contributed by atoms with Gasteiger partial charge in [0, 0.05) is 12.8 Å². The zero-order valence-electron chi connectivity index (χ0n) is 52.2. The number of nitrogens with one attached hydrogen (secondary N) is 1. The van der Waals surface area contributed by atoms with Crippen molar-refractivity contribution < 1.29 is 37.3 Å². The molecular weight excluding hydrogens is 976 g/mol. The van der Waals surface area contributed by atoms with Gasteiger partial charge in [-0.3, -0.25) is 14.2 Å². The number of amides is 1. The van der Waals surface area contributed by atoms with E-state index in [0.717, 1.165) is 57.8 Å². The number of carbonyl (C=O) groups is 2. The van der Waals surface area contributed by atoms with Crippen LogP contribution in [0.15, 0.2) is 24.3 Å². The molecule has 3 unspecified atom stereocenters. The third-order valence-corrected chi connectivity index (χ3v) is 16.3. The second-order valence-corrected chi connectivity index (χ2v) is 25.7. The maximum absolute atomic E-state index is 13.5. The largest absolute Gasteiger partial charge is 0.756 e. The molecule has 0 spiro atoms. The zero-order valence-corrected chi connectivity index (χ0v) is 53.1. The first-order valence-electron chi connectivity index (χ1n) is 33.6. The summed E-state index contributed by atoms with van der Waals surface area (Å²) in [5, 5.41) is 3.04. The molecule has 77 heavy (non-hydrogen) atoms. The number of likely N-dealkylation sites (N-methyl/N-ethyl adjacent to an activating group) is 1. The van der Waals surface area contributed by atoms with Crippen LogP contribution in [0.2, 0.25) is 0 Å². The summed E-state index contributed by atoms with van der Waals surface area (Å²) in [6.45, 7) is 6.89. The Morgan fingerprint density at radius 3 is 1.10 bits per heavy atom. The van der Waals surface area contributed by atoms with Crippen LogP contribution >= 0.6 is 7.82 Å². The van der Waals surface area contributed by atoms with Crippen LogP contribution in [0.25, 0.3) is 0 Å². The predicted molar refractivity (Wildman–Crippen MR) is 330 cm³/mol. The Bertz CT molecular complexity index is 1370. The predicted octanol–water partition coefficient (Wildman–Crippen LogP) is 20.3. The number of quaternary nitrogens is 1. The molecule has 0 aromatic carbocycles. The van der Waals surface area contributed by atoms with Crippen molar-refractivity contribution in [1.29, 1.82) is 0 Å². The van der Waals surface area contributed by atoms with E-state index in [4.69, 9.17) is 13.8 Å². The molecule has 0 radical (unpaired) electrons. The van der Waals surface area contributed by atoms with Crippen LogP contribution in [0.5, 0.6) is 0 Å². The summed E-state index contributed by atoms with van der Waals surface area (Å²) < 4.78 is 30.4. The number of hydrogen-bond acceptors (Lipinski definition) is 7. The molecule has 1 N–H and O–H groups in total. The van der Waals surface area contributed by atoms with Crippen molar-refractivity contribution in [2.75, 3.05) is 40.9 Å². The van der Waals surface area contributed by atoms with Crippen molar-refractivity contribution in [3.05, 3.63) is 24.3 Å². The highest BCUT2D eigenvalue weighted by atomic mass is 31.2. The SMILES string of the molecule is CCCCCCCC/C=C/CCCCCCCCCCCCCCCCCC(=O)OC(/C=C\CCCCCCCCCCCCC)C(COP(=O)([O-])OCC[N+](C)(C)C)NC(=O)CCCCCCCCCCCCCCC. The molecule has 0 saturated carbocycles. The Labute approximate surface area is 479 Å². The molecule has 0 aromatic rings. The molecular formula is C67H131N2O7P. The summed E-state index contributed by atoms with van der Waals surface area (Å²) in [6, 6.07) is -0.881. The van der Waals surface area contributed by atoms with Crippen LogP contribution in [-0.2, 0) is 27.9 Å². The fourth-order valence-corrected chi connectivity index (χ4v) is 10.9. The van der Waals surface area contributed by atoms with Gasteiger partial charge in [-0.1, -0.05) is 296 Å². The van der Waals surface area contributed by atoms with Gasteiger partial charge >= 0.3 is 5.97 Å². The lowest BCUT2D eigenvalue weighted by atomic mass is 10.0. The summed E-state index contributed by atoms with van der Waals surface area (Å²) >= 11 is 0. The Kier molecular flexibility index (Phi) is 56.6. The molecule has 3 atom stereocenters. The second kappa shape index (κ2) is 57.7. The van der Waals surface area contributed by atoms with E-state index in [1.54, 1.807) is 0 Å². The second-order valence-electron chi connectivity index (χ2n) is 24.3. The molecule has 0 bridgehead atoms. The van der Waals surface area contributed by atoms with Gasteiger partial charge in [0.05, 0.1) is 33.8 Å². The number of phosphoric ester groups is 1. The van der Waals surface area contributed by atoms with E-state index in [2.05, 4.69) is 38.2 Å². The van der Waals surface area contributed by atoms with E-state index < -0.39 is 20.0 Å². The van der Waals surface area contributed by atoms with Gasteiger partial charge in [-0.25, -0.2) is 0 Å². The fourth-order valence-electron chi connectivity index (χ4n) is 10.2. The van der Waals surface area contributed by atoms with Gasteiger partial charge in [0.25, 0.3) is 7.82 Å². The first kappa shape index (κ1) is 75.5. The number of hydrogen-bond donors (Lipinski definition) is 1. The molecule has 0 aliphatic rings. The summed E-state index contributed by atoms with van der Waals surface area (Å²) in [7, 11) is 1.20. The van der Waals surface area contributed by atoms with Crippen molar-refractivity contribution in [1.82, 2.24) is 5.32 Å². The summed E-state index contributed by atoms with van der Waals surface area (Å²) in [5.41, 5.74) is 0. The number of esters is 1.